The molecule has 1 amide bonds. The highest BCUT2D eigenvalue weighted by molar-refractivity contribution is 8.04. The van der Waals surface area contributed by atoms with Crippen molar-refractivity contribution >= 4 is 29.3 Å². The van der Waals surface area contributed by atoms with Crippen molar-refractivity contribution in [1.29, 1.82) is 0 Å². The lowest BCUT2D eigenvalue weighted by molar-refractivity contribution is -0.139. The number of carbonyl (C=O) groups excluding carboxylic acids is 2. The molecule has 1 heterocycles. The van der Waals surface area contributed by atoms with Crippen LogP contribution in [-0.4, -0.2) is 25.5 Å². The van der Waals surface area contributed by atoms with E-state index in [-0.39, 0.29) is 18.5 Å². The first-order chi connectivity index (χ1) is 9.99. The minimum absolute atomic E-state index is 0.0288. The molecule has 5 heteroatoms. The third-order valence-electron chi connectivity index (χ3n) is 3.01. The molecule has 21 heavy (non-hydrogen) atoms. The number of fused-ring (bicyclic) bond motifs is 1. The van der Waals surface area contributed by atoms with Gasteiger partial charge < -0.3 is 9.64 Å². The number of para-hydroxylation sites is 1. The van der Waals surface area contributed by atoms with Crippen molar-refractivity contribution in [3.8, 4) is 0 Å². The van der Waals surface area contributed by atoms with Gasteiger partial charge in [-0.05, 0) is 31.2 Å². The molecule has 0 fully saturated rings. The normalized spacial score (nSPS) is 16.9. The van der Waals surface area contributed by atoms with Gasteiger partial charge >= 0.3 is 5.97 Å². The zero-order valence-corrected chi connectivity index (χ0v) is 13.1. The summed E-state index contributed by atoms with van der Waals surface area (Å²) in [5.41, 5.74) is 1.81. The Morgan fingerprint density at radius 3 is 2.76 bits per heavy atom. The molecule has 0 unspecified atom stereocenters. The molecule has 0 radical (unpaired) electrons. The van der Waals surface area contributed by atoms with Crippen LogP contribution in [0.2, 0.25) is 0 Å². The summed E-state index contributed by atoms with van der Waals surface area (Å²) < 4.78 is 4.86. The van der Waals surface area contributed by atoms with Gasteiger partial charge in [0.15, 0.2) is 0 Å². The van der Waals surface area contributed by atoms with Crippen molar-refractivity contribution in [2.75, 3.05) is 18.6 Å². The van der Waals surface area contributed by atoms with Gasteiger partial charge in [-0.1, -0.05) is 29.5 Å². The second-order valence-corrected chi connectivity index (χ2v) is 5.78. The SMILES string of the molecule is CC(=O)OC/C=C(C)/C=C1/Sc2ccccc2N(C)C1=O. The zero-order valence-electron chi connectivity index (χ0n) is 12.3. The summed E-state index contributed by atoms with van der Waals surface area (Å²) >= 11 is 1.46. The Morgan fingerprint density at radius 2 is 2.05 bits per heavy atom. The predicted molar refractivity (Wildman–Crippen MR) is 84.2 cm³/mol. The molecule has 0 spiro atoms. The molecule has 0 bridgehead atoms. The largest absolute Gasteiger partial charge is 0.462 e. The number of anilines is 1. The van der Waals surface area contributed by atoms with Crippen LogP contribution < -0.4 is 4.90 Å². The van der Waals surface area contributed by atoms with Crippen molar-refractivity contribution in [1.82, 2.24) is 0 Å². The zero-order chi connectivity index (χ0) is 15.4. The average Bonchev–Trinajstić information content (AvgIpc) is 2.44. The van der Waals surface area contributed by atoms with E-state index in [1.54, 1.807) is 18.0 Å². The van der Waals surface area contributed by atoms with Gasteiger partial charge in [0, 0.05) is 18.9 Å². The number of nitrogens with zero attached hydrogens (tertiary/aromatic N) is 1. The number of carbonyl (C=O) groups is 2. The fourth-order valence-corrected chi connectivity index (χ4v) is 3.07. The van der Waals surface area contributed by atoms with Gasteiger partial charge in [-0.3, -0.25) is 9.59 Å². The van der Waals surface area contributed by atoms with Crippen molar-refractivity contribution in [2.24, 2.45) is 0 Å². The summed E-state index contributed by atoms with van der Waals surface area (Å²) in [5.74, 6) is -0.345. The first-order valence-electron chi connectivity index (χ1n) is 6.56. The molecule has 0 atom stereocenters. The van der Waals surface area contributed by atoms with Crippen LogP contribution >= 0.6 is 11.8 Å². The van der Waals surface area contributed by atoms with E-state index < -0.39 is 0 Å². The number of rotatable bonds is 3. The Kier molecular flexibility index (Phi) is 4.85. The van der Waals surface area contributed by atoms with Crippen molar-refractivity contribution in [3.63, 3.8) is 0 Å². The Morgan fingerprint density at radius 1 is 1.33 bits per heavy atom. The van der Waals surface area contributed by atoms with Crippen LogP contribution in [0, 0.1) is 0 Å². The number of allylic oxidation sites excluding steroid dienone is 2. The van der Waals surface area contributed by atoms with Gasteiger partial charge in [0.1, 0.15) is 6.61 Å². The molecule has 2 rings (SSSR count). The van der Waals surface area contributed by atoms with Crippen LogP contribution in [0.3, 0.4) is 0 Å². The monoisotopic (exact) mass is 303 g/mol. The van der Waals surface area contributed by atoms with Gasteiger partial charge in [0.25, 0.3) is 5.91 Å². The van der Waals surface area contributed by atoms with E-state index in [0.717, 1.165) is 16.2 Å². The molecule has 1 aliphatic rings. The molecular formula is C16H17NO3S. The van der Waals surface area contributed by atoms with Gasteiger partial charge in [0.05, 0.1) is 10.6 Å². The third-order valence-corrected chi connectivity index (χ3v) is 4.09. The molecular weight excluding hydrogens is 286 g/mol. The van der Waals surface area contributed by atoms with E-state index in [9.17, 15) is 9.59 Å². The standard InChI is InChI=1S/C16H17NO3S/c1-11(8-9-20-12(2)18)10-15-16(19)17(3)13-6-4-5-7-14(13)21-15/h4-8,10H,9H2,1-3H3/b11-8+,15-10+. The summed E-state index contributed by atoms with van der Waals surface area (Å²) in [5, 5.41) is 0. The van der Waals surface area contributed by atoms with Crippen LogP contribution in [0.1, 0.15) is 13.8 Å². The van der Waals surface area contributed by atoms with Gasteiger partial charge in [-0.25, -0.2) is 0 Å². The third kappa shape index (κ3) is 3.76. The number of ether oxygens (including phenoxy) is 1. The number of hydrogen-bond acceptors (Lipinski definition) is 4. The number of esters is 1. The summed E-state index contributed by atoms with van der Waals surface area (Å²) in [4.78, 5) is 26.4. The lowest BCUT2D eigenvalue weighted by Gasteiger charge is -2.26. The first kappa shape index (κ1) is 15.4. The maximum atomic E-state index is 12.3. The highest BCUT2D eigenvalue weighted by Gasteiger charge is 2.25. The lowest BCUT2D eigenvalue weighted by Crippen LogP contribution is -2.30. The van der Waals surface area contributed by atoms with E-state index in [1.807, 2.05) is 37.3 Å². The quantitative estimate of drug-likeness (QED) is 0.636. The van der Waals surface area contributed by atoms with Crippen LogP contribution in [0.25, 0.3) is 0 Å². The number of thioether (sulfide) groups is 1. The molecule has 1 aromatic rings. The number of likely N-dealkylation sites (N-methyl/N-ethyl adjacent to an activating group) is 1. The summed E-state index contributed by atoms with van der Waals surface area (Å²) in [6, 6.07) is 7.80. The maximum Gasteiger partial charge on any atom is 0.302 e. The van der Waals surface area contributed by atoms with E-state index in [2.05, 4.69) is 0 Å². The Hall–Kier alpha value is -2.01. The van der Waals surface area contributed by atoms with E-state index in [4.69, 9.17) is 4.74 Å². The smallest absolute Gasteiger partial charge is 0.302 e. The fraction of sp³-hybridized carbons (Fsp3) is 0.250. The highest BCUT2D eigenvalue weighted by atomic mass is 32.2. The highest BCUT2D eigenvalue weighted by Crippen LogP contribution is 2.40. The predicted octanol–water partition coefficient (Wildman–Crippen LogP) is 3.15. The average molecular weight is 303 g/mol. The molecule has 1 aliphatic heterocycles. The number of amides is 1. The molecule has 110 valence electrons. The number of benzene rings is 1. The minimum Gasteiger partial charge on any atom is -0.462 e. The van der Waals surface area contributed by atoms with Crippen LogP contribution in [-0.2, 0) is 14.3 Å². The summed E-state index contributed by atoms with van der Waals surface area (Å²) in [7, 11) is 1.77. The van der Waals surface area contributed by atoms with Crippen LogP contribution in [0.15, 0.2) is 51.8 Å². The minimum atomic E-state index is -0.316. The second-order valence-electron chi connectivity index (χ2n) is 4.69. The maximum absolute atomic E-state index is 12.3. The molecule has 0 saturated carbocycles. The Bertz CT molecular complexity index is 634. The van der Waals surface area contributed by atoms with Crippen LogP contribution in [0.4, 0.5) is 5.69 Å². The van der Waals surface area contributed by atoms with E-state index in [1.165, 1.54) is 18.7 Å². The van der Waals surface area contributed by atoms with Crippen molar-refractivity contribution in [2.45, 2.75) is 18.7 Å². The van der Waals surface area contributed by atoms with Crippen molar-refractivity contribution < 1.29 is 14.3 Å². The topological polar surface area (TPSA) is 46.6 Å². The van der Waals surface area contributed by atoms with Crippen LogP contribution in [0.5, 0.6) is 0 Å². The van der Waals surface area contributed by atoms with Gasteiger partial charge in [-0.2, -0.15) is 0 Å². The molecule has 4 nitrogen and oxygen atoms in total. The molecule has 0 saturated heterocycles. The summed E-state index contributed by atoms with van der Waals surface area (Å²) in [6.07, 6.45) is 3.60. The fourth-order valence-electron chi connectivity index (χ4n) is 1.90. The molecule has 0 N–H and O–H groups in total. The Balaban J connectivity index is 2.19. The van der Waals surface area contributed by atoms with Gasteiger partial charge in [0.2, 0.25) is 0 Å². The molecule has 0 aliphatic carbocycles. The Labute approximate surface area is 128 Å². The first-order valence-corrected chi connectivity index (χ1v) is 7.37. The molecule has 0 aromatic heterocycles. The van der Waals surface area contributed by atoms with Crippen molar-refractivity contribution in [3.05, 3.63) is 46.9 Å². The summed E-state index contributed by atoms with van der Waals surface area (Å²) in [6.45, 7) is 3.47. The second kappa shape index (κ2) is 6.63. The van der Waals surface area contributed by atoms with E-state index in [0.29, 0.717) is 4.91 Å². The molecule has 1 aromatic carbocycles. The van der Waals surface area contributed by atoms with Gasteiger partial charge in [-0.15, -0.1) is 0 Å². The number of hydrogen-bond donors (Lipinski definition) is 0. The lowest BCUT2D eigenvalue weighted by atomic mass is 10.2. The van der Waals surface area contributed by atoms with E-state index >= 15 is 0 Å².